The molecule has 0 radical (unpaired) electrons. The van der Waals surface area contributed by atoms with Crippen LogP contribution in [0, 0.1) is 6.92 Å². The third-order valence-corrected chi connectivity index (χ3v) is 4.77. The summed E-state index contributed by atoms with van der Waals surface area (Å²) in [5.41, 5.74) is 1.84. The molecule has 0 aliphatic heterocycles. The molecule has 1 unspecified atom stereocenters. The summed E-state index contributed by atoms with van der Waals surface area (Å²) in [6, 6.07) is 9.06. The highest BCUT2D eigenvalue weighted by molar-refractivity contribution is 7.77. The van der Waals surface area contributed by atoms with Crippen molar-refractivity contribution in [3.05, 3.63) is 48.0 Å². The summed E-state index contributed by atoms with van der Waals surface area (Å²) >= 11 is -2.17. The number of fused-ring (bicyclic) bond motifs is 1. The van der Waals surface area contributed by atoms with Crippen LogP contribution < -0.4 is 14.2 Å². The monoisotopic (exact) mass is 429 g/mol. The third-order valence-electron chi connectivity index (χ3n) is 4.38. The molecule has 0 aliphatic carbocycles. The number of imidazole rings is 1. The number of methoxy groups -OCH3 is 2. The molecule has 0 bridgehead atoms. The summed E-state index contributed by atoms with van der Waals surface area (Å²) in [5, 5.41) is 0. The largest absolute Gasteiger partial charge is 0.494 e. The molecule has 0 spiro atoms. The SMILES string of the molecule is COc1cccc(OC)c1-n1c(-c2ccc(C)o2)nc2ncc(CNS(=O)O)nc21. The smallest absolute Gasteiger partial charge is 0.232 e. The van der Waals surface area contributed by atoms with E-state index < -0.39 is 11.3 Å². The molecule has 0 amide bonds. The maximum atomic E-state index is 11.0. The van der Waals surface area contributed by atoms with Crippen molar-refractivity contribution in [3.63, 3.8) is 0 Å². The number of benzene rings is 1. The van der Waals surface area contributed by atoms with E-state index in [0.29, 0.717) is 45.8 Å². The molecule has 10 nitrogen and oxygen atoms in total. The predicted octanol–water partition coefficient (Wildman–Crippen LogP) is 2.63. The number of nitrogens with zero attached hydrogens (tertiary/aromatic N) is 4. The van der Waals surface area contributed by atoms with E-state index in [1.165, 1.54) is 6.20 Å². The molecule has 3 heterocycles. The van der Waals surface area contributed by atoms with E-state index >= 15 is 0 Å². The molecular formula is C19H19N5O5S. The van der Waals surface area contributed by atoms with Crippen LogP contribution in [-0.2, 0) is 17.8 Å². The Morgan fingerprint density at radius 2 is 1.90 bits per heavy atom. The second kappa shape index (κ2) is 8.22. The van der Waals surface area contributed by atoms with Gasteiger partial charge in [-0.15, -0.1) is 0 Å². The number of aryl methyl sites for hydroxylation is 1. The highest BCUT2D eigenvalue weighted by atomic mass is 32.2. The van der Waals surface area contributed by atoms with Gasteiger partial charge in [-0.1, -0.05) is 6.07 Å². The summed E-state index contributed by atoms with van der Waals surface area (Å²) in [4.78, 5) is 13.6. The molecule has 1 atom stereocenters. The number of furan rings is 1. The molecule has 0 aliphatic rings. The summed E-state index contributed by atoms with van der Waals surface area (Å²) in [5.74, 6) is 2.81. The minimum Gasteiger partial charge on any atom is -0.494 e. The van der Waals surface area contributed by atoms with Gasteiger partial charge in [-0.25, -0.2) is 23.9 Å². The molecular weight excluding hydrogens is 410 g/mol. The second-order valence-electron chi connectivity index (χ2n) is 6.27. The highest BCUT2D eigenvalue weighted by Gasteiger charge is 2.24. The van der Waals surface area contributed by atoms with E-state index in [2.05, 4.69) is 19.7 Å². The number of ether oxygens (including phenoxy) is 2. The Kier molecular flexibility index (Phi) is 5.48. The zero-order valence-corrected chi connectivity index (χ0v) is 17.3. The maximum absolute atomic E-state index is 11.0. The fraction of sp³-hybridized carbons (Fsp3) is 0.211. The molecule has 156 valence electrons. The standard InChI is InChI=1S/C19H19N5O5S/c1-11-7-8-15(29-11)18-23-17-19(22-12(9-20-17)10-21-30(25)26)24(18)16-13(27-2)5-4-6-14(16)28-3/h4-9,21H,10H2,1-3H3,(H,25,26). The first-order valence-corrected chi connectivity index (χ1v) is 9.99. The van der Waals surface area contributed by atoms with Crippen LogP contribution in [0.4, 0.5) is 0 Å². The van der Waals surface area contributed by atoms with Crippen LogP contribution in [0.15, 0.2) is 40.9 Å². The lowest BCUT2D eigenvalue weighted by atomic mass is 10.2. The minimum absolute atomic E-state index is 0.0511. The predicted molar refractivity (Wildman–Crippen MR) is 110 cm³/mol. The summed E-state index contributed by atoms with van der Waals surface area (Å²) < 4.78 is 41.1. The first kappa shape index (κ1) is 20.0. The number of nitrogens with one attached hydrogen (secondary N) is 1. The summed E-state index contributed by atoms with van der Waals surface area (Å²) in [6.45, 7) is 1.89. The maximum Gasteiger partial charge on any atom is 0.232 e. The van der Waals surface area contributed by atoms with Crippen LogP contribution in [0.1, 0.15) is 11.5 Å². The van der Waals surface area contributed by atoms with Crippen LogP contribution in [-0.4, -0.2) is 42.5 Å². The van der Waals surface area contributed by atoms with Gasteiger partial charge in [0.05, 0.1) is 32.7 Å². The molecule has 0 saturated carbocycles. The van der Waals surface area contributed by atoms with Crippen LogP contribution >= 0.6 is 0 Å². The molecule has 1 aromatic carbocycles. The van der Waals surface area contributed by atoms with Gasteiger partial charge in [0.1, 0.15) is 22.9 Å². The Hall–Kier alpha value is -3.28. The topological polar surface area (TPSA) is 125 Å². The van der Waals surface area contributed by atoms with Crippen LogP contribution in [0.5, 0.6) is 11.5 Å². The molecule has 2 N–H and O–H groups in total. The fourth-order valence-electron chi connectivity index (χ4n) is 3.09. The second-order valence-corrected chi connectivity index (χ2v) is 7.06. The van der Waals surface area contributed by atoms with Gasteiger partial charge in [0.25, 0.3) is 0 Å². The van der Waals surface area contributed by atoms with Crippen LogP contribution in [0.3, 0.4) is 0 Å². The third kappa shape index (κ3) is 3.65. The van der Waals surface area contributed by atoms with Crippen molar-refractivity contribution in [2.24, 2.45) is 0 Å². The van der Waals surface area contributed by atoms with Gasteiger partial charge in [0.15, 0.2) is 22.9 Å². The van der Waals surface area contributed by atoms with Crippen molar-refractivity contribution in [1.29, 1.82) is 0 Å². The van der Waals surface area contributed by atoms with Crippen molar-refractivity contribution in [2.45, 2.75) is 13.5 Å². The lowest BCUT2D eigenvalue weighted by Gasteiger charge is -2.15. The van der Waals surface area contributed by atoms with Crippen molar-refractivity contribution in [3.8, 4) is 28.8 Å². The fourth-order valence-corrected chi connectivity index (χ4v) is 3.36. The zero-order chi connectivity index (χ0) is 21.3. The number of rotatable bonds is 7. The first-order chi connectivity index (χ1) is 14.5. The molecule has 4 aromatic rings. The van der Waals surface area contributed by atoms with E-state index in [1.807, 2.05) is 25.1 Å². The average molecular weight is 429 g/mol. The highest BCUT2D eigenvalue weighted by Crippen LogP contribution is 2.38. The lowest BCUT2D eigenvalue weighted by Crippen LogP contribution is -2.16. The minimum atomic E-state index is -2.17. The van der Waals surface area contributed by atoms with Crippen LogP contribution in [0.25, 0.3) is 28.6 Å². The zero-order valence-electron chi connectivity index (χ0n) is 16.4. The molecule has 11 heteroatoms. The van der Waals surface area contributed by atoms with Crippen molar-refractivity contribution < 1.29 is 22.7 Å². The van der Waals surface area contributed by atoms with E-state index in [0.717, 1.165) is 5.76 Å². The molecule has 0 fully saturated rings. The lowest BCUT2D eigenvalue weighted by molar-refractivity contribution is 0.391. The Bertz CT molecular complexity index is 1210. The van der Waals surface area contributed by atoms with Gasteiger partial charge < -0.3 is 13.9 Å². The number of hydrogen-bond donors (Lipinski definition) is 2. The average Bonchev–Trinajstić information content (AvgIpc) is 3.34. The summed E-state index contributed by atoms with van der Waals surface area (Å²) in [7, 11) is 3.12. The summed E-state index contributed by atoms with van der Waals surface area (Å²) in [6.07, 6.45) is 1.50. The molecule has 4 rings (SSSR count). The van der Waals surface area contributed by atoms with Gasteiger partial charge in [0, 0.05) is 0 Å². The molecule has 0 saturated heterocycles. The normalized spacial score (nSPS) is 12.3. The van der Waals surface area contributed by atoms with E-state index in [9.17, 15) is 4.21 Å². The van der Waals surface area contributed by atoms with Crippen LogP contribution in [0.2, 0.25) is 0 Å². The Labute approximate surface area is 174 Å². The Morgan fingerprint density at radius 1 is 1.17 bits per heavy atom. The van der Waals surface area contributed by atoms with Crippen molar-refractivity contribution >= 4 is 22.6 Å². The van der Waals surface area contributed by atoms with Gasteiger partial charge in [0.2, 0.25) is 11.3 Å². The molecule has 3 aromatic heterocycles. The number of para-hydroxylation sites is 1. The van der Waals surface area contributed by atoms with E-state index in [1.54, 1.807) is 30.9 Å². The van der Waals surface area contributed by atoms with Gasteiger partial charge in [-0.2, -0.15) is 0 Å². The Morgan fingerprint density at radius 3 is 2.50 bits per heavy atom. The van der Waals surface area contributed by atoms with Gasteiger partial charge >= 0.3 is 0 Å². The van der Waals surface area contributed by atoms with Crippen molar-refractivity contribution in [1.82, 2.24) is 24.2 Å². The molecule has 30 heavy (non-hydrogen) atoms. The van der Waals surface area contributed by atoms with Gasteiger partial charge in [-0.05, 0) is 31.2 Å². The first-order valence-electron chi connectivity index (χ1n) is 8.88. The number of aromatic nitrogens is 4. The van der Waals surface area contributed by atoms with E-state index in [4.69, 9.17) is 18.4 Å². The van der Waals surface area contributed by atoms with Gasteiger partial charge in [-0.3, -0.25) is 9.12 Å². The Balaban J connectivity index is 2.02. The quantitative estimate of drug-likeness (QED) is 0.430. The van der Waals surface area contributed by atoms with Crippen molar-refractivity contribution in [2.75, 3.05) is 14.2 Å². The van der Waals surface area contributed by atoms with E-state index in [-0.39, 0.29) is 6.54 Å². The number of hydrogen-bond acceptors (Lipinski definition) is 7.